The molecule has 0 bridgehead atoms. The van der Waals surface area contributed by atoms with Crippen molar-refractivity contribution in [3.8, 4) is 5.75 Å². The second-order valence-corrected chi connectivity index (χ2v) is 4.78. The van der Waals surface area contributed by atoms with E-state index in [2.05, 4.69) is 28.3 Å². The SMILES string of the molecule is C=C(COc1ccccc1)NC1=NCc2ccccc2N1. The van der Waals surface area contributed by atoms with Gasteiger partial charge in [0.2, 0.25) is 5.96 Å². The van der Waals surface area contributed by atoms with E-state index in [1.54, 1.807) is 0 Å². The van der Waals surface area contributed by atoms with Crippen LogP contribution in [0.15, 0.2) is 71.9 Å². The molecule has 0 aliphatic carbocycles. The van der Waals surface area contributed by atoms with Gasteiger partial charge in [-0.15, -0.1) is 0 Å². The molecule has 0 fully saturated rings. The van der Waals surface area contributed by atoms with Gasteiger partial charge in [-0.3, -0.25) is 0 Å². The van der Waals surface area contributed by atoms with E-state index in [0.29, 0.717) is 19.1 Å². The minimum absolute atomic E-state index is 0.395. The molecule has 21 heavy (non-hydrogen) atoms. The van der Waals surface area contributed by atoms with Crippen LogP contribution in [0.2, 0.25) is 0 Å². The van der Waals surface area contributed by atoms with E-state index in [9.17, 15) is 0 Å². The molecule has 2 aromatic carbocycles. The average molecular weight is 279 g/mol. The number of nitrogens with zero attached hydrogens (tertiary/aromatic N) is 1. The second kappa shape index (κ2) is 6.13. The van der Waals surface area contributed by atoms with Crippen molar-refractivity contribution in [2.75, 3.05) is 11.9 Å². The molecule has 0 atom stereocenters. The summed E-state index contributed by atoms with van der Waals surface area (Å²) in [6.45, 7) is 5.02. The lowest BCUT2D eigenvalue weighted by molar-refractivity contribution is 0.347. The molecule has 0 saturated carbocycles. The number of rotatable bonds is 4. The molecule has 0 aromatic heterocycles. The fourth-order valence-electron chi connectivity index (χ4n) is 2.07. The molecule has 0 spiro atoms. The zero-order valence-electron chi connectivity index (χ0n) is 11.7. The lowest BCUT2D eigenvalue weighted by Gasteiger charge is -2.20. The van der Waals surface area contributed by atoms with E-state index in [1.165, 1.54) is 5.56 Å². The van der Waals surface area contributed by atoms with Crippen molar-refractivity contribution >= 4 is 11.6 Å². The Hall–Kier alpha value is -2.75. The fraction of sp³-hybridized carbons (Fsp3) is 0.118. The van der Waals surface area contributed by atoms with E-state index >= 15 is 0 Å². The summed E-state index contributed by atoms with van der Waals surface area (Å²) in [5, 5.41) is 6.40. The van der Waals surface area contributed by atoms with E-state index < -0.39 is 0 Å². The summed E-state index contributed by atoms with van der Waals surface area (Å²) in [6.07, 6.45) is 0. The zero-order valence-corrected chi connectivity index (χ0v) is 11.7. The number of ether oxygens (including phenoxy) is 1. The number of hydrogen-bond donors (Lipinski definition) is 2. The maximum Gasteiger partial charge on any atom is 0.200 e. The van der Waals surface area contributed by atoms with E-state index in [4.69, 9.17) is 4.74 Å². The monoisotopic (exact) mass is 279 g/mol. The van der Waals surface area contributed by atoms with Crippen LogP contribution in [-0.4, -0.2) is 12.6 Å². The molecular weight excluding hydrogens is 262 g/mol. The Labute approximate surface area is 124 Å². The van der Waals surface area contributed by atoms with Crippen LogP contribution in [0.25, 0.3) is 0 Å². The summed E-state index contributed by atoms with van der Waals surface area (Å²) in [5.74, 6) is 1.53. The number of hydrogen-bond acceptors (Lipinski definition) is 4. The van der Waals surface area contributed by atoms with Crippen LogP contribution < -0.4 is 15.4 Å². The van der Waals surface area contributed by atoms with Gasteiger partial charge in [0.1, 0.15) is 12.4 Å². The number of para-hydroxylation sites is 2. The van der Waals surface area contributed by atoms with Gasteiger partial charge < -0.3 is 15.4 Å². The van der Waals surface area contributed by atoms with Crippen molar-refractivity contribution < 1.29 is 4.74 Å². The van der Waals surface area contributed by atoms with Crippen LogP contribution in [0.5, 0.6) is 5.75 Å². The number of anilines is 1. The summed E-state index contributed by atoms with van der Waals surface area (Å²) < 4.78 is 5.63. The van der Waals surface area contributed by atoms with Crippen LogP contribution in [0.1, 0.15) is 5.56 Å². The molecule has 1 aliphatic heterocycles. The van der Waals surface area contributed by atoms with Gasteiger partial charge >= 0.3 is 0 Å². The molecule has 4 heteroatoms. The lowest BCUT2D eigenvalue weighted by Crippen LogP contribution is -2.34. The minimum Gasteiger partial charge on any atom is -0.487 e. The Balaban J connectivity index is 1.53. The fourth-order valence-corrected chi connectivity index (χ4v) is 2.07. The highest BCUT2D eigenvalue weighted by Crippen LogP contribution is 2.19. The Kier molecular flexibility index (Phi) is 3.87. The van der Waals surface area contributed by atoms with Gasteiger partial charge in [0.05, 0.1) is 6.54 Å². The van der Waals surface area contributed by atoms with Gasteiger partial charge in [0.15, 0.2) is 0 Å². The van der Waals surface area contributed by atoms with Crippen LogP contribution in [-0.2, 0) is 6.54 Å². The molecule has 0 unspecified atom stereocenters. The van der Waals surface area contributed by atoms with Crippen molar-refractivity contribution in [2.45, 2.75) is 6.54 Å². The van der Waals surface area contributed by atoms with Crippen molar-refractivity contribution in [3.63, 3.8) is 0 Å². The summed E-state index contributed by atoms with van der Waals surface area (Å²) >= 11 is 0. The summed E-state index contributed by atoms with van der Waals surface area (Å²) in [7, 11) is 0. The largest absolute Gasteiger partial charge is 0.487 e. The Bertz CT molecular complexity index is 665. The van der Waals surface area contributed by atoms with Gasteiger partial charge in [-0.2, -0.15) is 0 Å². The van der Waals surface area contributed by atoms with E-state index in [-0.39, 0.29) is 0 Å². The van der Waals surface area contributed by atoms with Gasteiger partial charge in [0.25, 0.3) is 0 Å². The van der Waals surface area contributed by atoms with Crippen molar-refractivity contribution in [1.29, 1.82) is 0 Å². The molecule has 2 aromatic rings. The Morgan fingerprint density at radius 2 is 1.90 bits per heavy atom. The number of fused-ring (bicyclic) bond motifs is 1. The second-order valence-electron chi connectivity index (χ2n) is 4.78. The summed E-state index contributed by atoms with van der Waals surface area (Å²) in [5.41, 5.74) is 3.02. The Morgan fingerprint density at radius 3 is 2.76 bits per heavy atom. The molecule has 106 valence electrons. The van der Waals surface area contributed by atoms with Crippen LogP contribution in [0.4, 0.5) is 5.69 Å². The molecule has 0 radical (unpaired) electrons. The van der Waals surface area contributed by atoms with Crippen LogP contribution >= 0.6 is 0 Å². The topological polar surface area (TPSA) is 45.6 Å². The van der Waals surface area contributed by atoms with E-state index in [0.717, 1.165) is 17.1 Å². The first-order chi connectivity index (χ1) is 10.3. The van der Waals surface area contributed by atoms with Crippen molar-refractivity contribution in [2.24, 2.45) is 4.99 Å². The standard InChI is InChI=1S/C17H17N3O/c1-13(12-21-15-8-3-2-4-9-15)19-17-18-11-14-7-5-6-10-16(14)20-17/h2-10H,1,11-12H2,(H2,18,19,20). The summed E-state index contributed by atoms with van der Waals surface area (Å²) in [4.78, 5) is 4.44. The molecular formula is C17H17N3O. The molecule has 0 saturated heterocycles. The number of aliphatic imine (C=N–C) groups is 1. The maximum absolute atomic E-state index is 5.63. The zero-order chi connectivity index (χ0) is 14.5. The molecule has 1 heterocycles. The molecule has 4 nitrogen and oxygen atoms in total. The highest BCUT2D eigenvalue weighted by atomic mass is 16.5. The Morgan fingerprint density at radius 1 is 1.14 bits per heavy atom. The highest BCUT2D eigenvalue weighted by Gasteiger charge is 2.11. The predicted octanol–water partition coefficient (Wildman–Crippen LogP) is 3.15. The highest BCUT2D eigenvalue weighted by molar-refractivity contribution is 5.96. The smallest absolute Gasteiger partial charge is 0.200 e. The van der Waals surface area contributed by atoms with Gasteiger partial charge in [-0.05, 0) is 23.8 Å². The minimum atomic E-state index is 0.395. The van der Waals surface area contributed by atoms with Crippen LogP contribution in [0, 0.1) is 0 Å². The van der Waals surface area contributed by atoms with Crippen LogP contribution in [0.3, 0.4) is 0 Å². The molecule has 0 amide bonds. The third kappa shape index (κ3) is 3.42. The quantitative estimate of drug-likeness (QED) is 0.903. The van der Waals surface area contributed by atoms with Gasteiger partial charge in [0, 0.05) is 11.4 Å². The normalized spacial score (nSPS) is 12.7. The first-order valence-corrected chi connectivity index (χ1v) is 6.83. The average Bonchev–Trinajstić information content (AvgIpc) is 2.54. The van der Waals surface area contributed by atoms with Crippen molar-refractivity contribution in [3.05, 3.63) is 72.4 Å². The predicted molar refractivity (Wildman–Crippen MR) is 85.4 cm³/mol. The molecule has 3 rings (SSSR count). The number of guanidine groups is 1. The number of benzene rings is 2. The van der Waals surface area contributed by atoms with Gasteiger partial charge in [-0.1, -0.05) is 43.0 Å². The lowest BCUT2D eigenvalue weighted by atomic mass is 10.1. The molecule has 1 aliphatic rings. The maximum atomic E-state index is 5.63. The van der Waals surface area contributed by atoms with E-state index in [1.807, 2.05) is 48.5 Å². The third-order valence-corrected chi connectivity index (χ3v) is 3.13. The summed E-state index contributed by atoms with van der Waals surface area (Å²) in [6, 6.07) is 17.8. The van der Waals surface area contributed by atoms with Crippen molar-refractivity contribution in [1.82, 2.24) is 5.32 Å². The first kappa shape index (κ1) is 13.2. The molecule has 2 N–H and O–H groups in total. The first-order valence-electron chi connectivity index (χ1n) is 6.83. The number of nitrogens with one attached hydrogen (secondary N) is 2. The third-order valence-electron chi connectivity index (χ3n) is 3.13. The van der Waals surface area contributed by atoms with Gasteiger partial charge in [-0.25, -0.2) is 4.99 Å².